The van der Waals surface area contributed by atoms with Crippen molar-refractivity contribution >= 4 is 24.0 Å². The second-order valence-corrected chi connectivity index (χ2v) is 6.96. The normalized spacial score (nSPS) is 21.8. The average Bonchev–Trinajstić information content (AvgIpc) is 2.83. The molecule has 1 amide bonds. The molecule has 0 bridgehead atoms. The Bertz CT molecular complexity index is 479. The lowest BCUT2D eigenvalue weighted by Gasteiger charge is -2.23. The number of anilines is 1. The minimum Gasteiger partial charge on any atom is -0.328 e. The zero-order valence-electron chi connectivity index (χ0n) is 13.4. The summed E-state index contributed by atoms with van der Waals surface area (Å²) in [5, 5.41) is 0. The standard InChI is InChI=1S/C17H26N2O.ClH/c1-17(2,3)13-6-9-15(10-7-13)19(4)16(20)12-5-8-14(18)11-12;/h6-7,9-10,12,14H,5,8,11,18H2,1-4H3;1H. The van der Waals surface area contributed by atoms with Gasteiger partial charge in [0.1, 0.15) is 0 Å². The van der Waals surface area contributed by atoms with Crippen LogP contribution in [0.5, 0.6) is 0 Å². The van der Waals surface area contributed by atoms with Crippen LogP contribution in [-0.2, 0) is 10.2 Å². The van der Waals surface area contributed by atoms with E-state index in [-0.39, 0.29) is 35.7 Å². The van der Waals surface area contributed by atoms with E-state index < -0.39 is 0 Å². The zero-order chi connectivity index (χ0) is 14.9. The van der Waals surface area contributed by atoms with E-state index in [2.05, 4.69) is 32.9 Å². The molecular weight excluding hydrogens is 284 g/mol. The predicted octanol–water partition coefficient (Wildman–Crippen LogP) is 3.50. The highest BCUT2D eigenvalue weighted by molar-refractivity contribution is 5.94. The van der Waals surface area contributed by atoms with E-state index in [1.165, 1.54) is 5.56 Å². The molecule has 2 atom stereocenters. The minimum absolute atomic E-state index is 0. The summed E-state index contributed by atoms with van der Waals surface area (Å²) in [5.74, 6) is 0.291. The highest BCUT2D eigenvalue weighted by Crippen LogP contribution is 2.29. The van der Waals surface area contributed by atoms with Crippen LogP contribution in [0.4, 0.5) is 5.69 Å². The summed E-state index contributed by atoms with van der Waals surface area (Å²) in [6.45, 7) is 6.57. The molecule has 1 aromatic carbocycles. The van der Waals surface area contributed by atoms with Crippen LogP contribution >= 0.6 is 12.4 Å². The fraction of sp³-hybridized carbons (Fsp3) is 0.588. The molecule has 1 aromatic rings. The van der Waals surface area contributed by atoms with Crippen molar-refractivity contribution in [3.8, 4) is 0 Å². The molecule has 0 aromatic heterocycles. The molecule has 0 saturated heterocycles. The summed E-state index contributed by atoms with van der Waals surface area (Å²) in [6, 6.07) is 8.49. The van der Waals surface area contributed by atoms with Crippen LogP contribution < -0.4 is 10.6 Å². The molecule has 2 unspecified atom stereocenters. The maximum Gasteiger partial charge on any atom is 0.229 e. The van der Waals surface area contributed by atoms with E-state index in [1.807, 2.05) is 19.2 Å². The monoisotopic (exact) mass is 310 g/mol. The van der Waals surface area contributed by atoms with Gasteiger partial charge in [-0.1, -0.05) is 32.9 Å². The van der Waals surface area contributed by atoms with Gasteiger partial charge in [0.25, 0.3) is 0 Å². The molecule has 2 N–H and O–H groups in total. The van der Waals surface area contributed by atoms with Crippen molar-refractivity contribution in [2.45, 2.75) is 51.5 Å². The Morgan fingerprint density at radius 2 is 1.76 bits per heavy atom. The largest absolute Gasteiger partial charge is 0.328 e. The predicted molar refractivity (Wildman–Crippen MR) is 91.1 cm³/mol. The van der Waals surface area contributed by atoms with E-state index in [0.717, 1.165) is 24.9 Å². The number of halogens is 1. The summed E-state index contributed by atoms with van der Waals surface area (Å²) < 4.78 is 0. The Morgan fingerprint density at radius 1 is 1.19 bits per heavy atom. The van der Waals surface area contributed by atoms with Crippen LogP contribution in [0.15, 0.2) is 24.3 Å². The maximum atomic E-state index is 12.4. The second-order valence-electron chi connectivity index (χ2n) is 6.96. The van der Waals surface area contributed by atoms with Crippen molar-refractivity contribution in [3.63, 3.8) is 0 Å². The number of carbonyl (C=O) groups is 1. The Labute approximate surface area is 134 Å². The first-order valence-electron chi connectivity index (χ1n) is 7.42. The molecule has 4 heteroatoms. The molecular formula is C17H27ClN2O. The van der Waals surface area contributed by atoms with Gasteiger partial charge in [0.15, 0.2) is 0 Å². The molecule has 0 aliphatic heterocycles. The number of benzene rings is 1. The van der Waals surface area contributed by atoms with Crippen LogP contribution in [0.2, 0.25) is 0 Å². The quantitative estimate of drug-likeness (QED) is 0.909. The number of hydrogen-bond donors (Lipinski definition) is 1. The summed E-state index contributed by atoms with van der Waals surface area (Å²) in [4.78, 5) is 14.2. The molecule has 3 nitrogen and oxygen atoms in total. The van der Waals surface area contributed by atoms with E-state index in [4.69, 9.17) is 5.73 Å². The van der Waals surface area contributed by atoms with Crippen molar-refractivity contribution in [1.82, 2.24) is 0 Å². The summed E-state index contributed by atoms with van der Waals surface area (Å²) in [7, 11) is 1.86. The van der Waals surface area contributed by atoms with Crippen LogP contribution in [0.25, 0.3) is 0 Å². The molecule has 1 aliphatic carbocycles. The summed E-state index contributed by atoms with van der Waals surface area (Å²) in [5.41, 5.74) is 8.28. The summed E-state index contributed by atoms with van der Waals surface area (Å²) in [6.07, 6.45) is 2.71. The van der Waals surface area contributed by atoms with Gasteiger partial charge in [0.05, 0.1) is 0 Å². The van der Waals surface area contributed by atoms with Gasteiger partial charge < -0.3 is 10.6 Å². The maximum absolute atomic E-state index is 12.4. The molecule has 1 aliphatic rings. The first kappa shape index (κ1) is 18.0. The lowest BCUT2D eigenvalue weighted by Crippen LogP contribution is -2.32. The molecule has 0 radical (unpaired) electrons. The Morgan fingerprint density at radius 3 is 2.19 bits per heavy atom. The van der Waals surface area contributed by atoms with Gasteiger partial charge in [0.2, 0.25) is 5.91 Å². The number of rotatable bonds is 2. The Hall–Kier alpha value is -1.06. The lowest BCUT2D eigenvalue weighted by molar-refractivity contribution is -0.121. The summed E-state index contributed by atoms with van der Waals surface area (Å²) >= 11 is 0. The van der Waals surface area contributed by atoms with Gasteiger partial charge in [-0.05, 0) is 42.4 Å². The van der Waals surface area contributed by atoms with E-state index in [1.54, 1.807) is 4.90 Å². The van der Waals surface area contributed by atoms with Crippen molar-refractivity contribution < 1.29 is 4.79 Å². The van der Waals surface area contributed by atoms with E-state index >= 15 is 0 Å². The zero-order valence-corrected chi connectivity index (χ0v) is 14.2. The van der Waals surface area contributed by atoms with Crippen LogP contribution in [0, 0.1) is 5.92 Å². The second kappa shape index (κ2) is 6.80. The molecule has 1 fully saturated rings. The number of nitrogens with two attached hydrogens (primary N) is 1. The molecule has 21 heavy (non-hydrogen) atoms. The van der Waals surface area contributed by atoms with E-state index in [9.17, 15) is 4.79 Å². The molecule has 0 heterocycles. The van der Waals surface area contributed by atoms with E-state index in [0.29, 0.717) is 0 Å². The van der Waals surface area contributed by atoms with Gasteiger partial charge in [-0.15, -0.1) is 12.4 Å². The highest BCUT2D eigenvalue weighted by atomic mass is 35.5. The van der Waals surface area contributed by atoms with Crippen molar-refractivity contribution in [3.05, 3.63) is 29.8 Å². The first-order chi connectivity index (χ1) is 9.29. The third-order valence-electron chi connectivity index (χ3n) is 4.27. The van der Waals surface area contributed by atoms with Crippen molar-refractivity contribution in [2.75, 3.05) is 11.9 Å². The number of amides is 1. The van der Waals surface area contributed by atoms with Crippen molar-refractivity contribution in [2.24, 2.45) is 11.7 Å². The van der Waals surface area contributed by atoms with Gasteiger partial charge >= 0.3 is 0 Å². The fourth-order valence-corrected chi connectivity index (χ4v) is 2.83. The lowest BCUT2D eigenvalue weighted by atomic mass is 9.87. The average molecular weight is 311 g/mol. The van der Waals surface area contributed by atoms with Gasteiger partial charge in [-0.25, -0.2) is 0 Å². The minimum atomic E-state index is 0. The number of carbonyl (C=O) groups excluding carboxylic acids is 1. The third kappa shape index (κ3) is 4.21. The number of nitrogens with zero attached hydrogens (tertiary/aromatic N) is 1. The number of hydrogen-bond acceptors (Lipinski definition) is 2. The molecule has 1 saturated carbocycles. The van der Waals surface area contributed by atoms with Gasteiger partial charge in [0, 0.05) is 24.7 Å². The molecule has 118 valence electrons. The van der Waals surface area contributed by atoms with Crippen molar-refractivity contribution in [1.29, 1.82) is 0 Å². The third-order valence-corrected chi connectivity index (χ3v) is 4.27. The molecule has 0 spiro atoms. The smallest absolute Gasteiger partial charge is 0.229 e. The SMILES string of the molecule is CN(C(=O)C1CCC(N)C1)c1ccc(C(C)(C)C)cc1.Cl. The van der Waals surface area contributed by atoms with Crippen LogP contribution in [0.1, 0.15) is 45.6 Å². The highest BCUT2D eigenvalue weighted by Gasteiger charge is 2.30. The van der Waals surface area contributed by atoms with Crippen LogP contribution in [0.3, 0.4) is 0 Å². The Balaban J connectivity index is 0.00000220. The topological polar surface area (TPSA) is 46.3 Å². The Kier molecular flexibility index (Phi) is 5.83. The van der Waals surface area contributed by atoms with Gasteiger partial charge in [-0.3, -0.25) is 4.79 Å². The fourth-order valence-electron chi connectivity index (χ4n) is 2.83. The van der Waals surface area contributed by atoms with Crippen LogP contribution in [-0.4, -0.2) is 19.0 Å². The molecule has 2 rings (SSSR count). The first-order valence-corrected chi connectivity index (χ1v) is 7.42. The van der Waals surface area contributed by atoms with Gasteiger partial charge in [-0.2, -0.15) is 0 Å².